The molecule has 7 heteroatoms. The number of rotatable bonds is 1. The molecule has 0 heterocycles. The molecule has 7 nitrogen and oxygen atoms in total. The fourth-order valence-electron chi connectivity index (χ4n) is 0.323. The van der Waals surface area contributed by atoms with E-state index in [-0.39, 0.29) is 0 Å². The molecule has 0 saturated heterocycles. The van der Waals surface area contributed by atoms with Crippen molar-refractivity contribution in [1.29, 1.82) is 5.26 Å². The molecule has 0 aliphatic carbocycles. The van der Waals surface area contributed by atoms with Crippen LogP contribution in [0.3, 0.4) is 0 Å². The standard InChI is InChI=1S/C6H9N5O2/c1-6(2,3-7)11-10-5(13)9-4(8)12/h1-2H3,(H3,8,9,12,13). The number of hydrogen-bond acceptors (Lipinski definition) is 4. The number of azo groups is 1. The zero-order valence-corrected chi connectivity index (χ0v) is 7.24. The second-order valence-corrected chi connectivity index (χ2v) is 2.67. The lowest BCUT2D eigenvalue weighted by molar-refractivity contribution is 0.235. The first kappa shape index (κ1) is 11.0. The van der Waals surface area contributed by atoms with Crippen molar-refractivity contribution in [3.63, 3.8) is 0 Å². The Bertz CT molecular complexity index is 288. The first-order valence-corrected chi connectivity index (χ1v) is 3.32. The number of primary amides is 1. The van der Waals surface area contributed by atoms with Gasteiger partial charge in [0.05, 0.1) is 6.07 Å². The molecule has 0 saturated carbocycles. The Hall–Kier alpha value is -1.97. The molecule has 0 spiro atoms. The summed E-state index contributed by atoms with van der Waals surface area (Å²) in [6.45, 7) is 2.93. The Morgan fingerprint density at radius 1 is 1.54 bits per heavy atom. The minimum atomic E-state index is -1.09. The number of nitrogens with two attached hydrogens (primary N) is 1. The molecule has 0 aromatic rings. The topological polar surface area (TPSA) is 121 Å². The van der Waals surface area contributed by atoms with Crippen LogP contribution in [-0.4, -0.2) is 17.6 Å². The van der Waals surface area contributed by atoms with E-state index >= 15 is 0 Å². The van der Waals surface area contributed by atoms with E-state index < -0.39 is 17.6 Å². The molecule has 3 N–H and O–H groups in total. The molecular weight excluding hydrogens is 174 g/mol. The number of nitrogens with zero attached hydrogens (tertiary/aromatic N) is 3. The number of hydrogen-bond donors (Lipinski definition) is 2. The number of urea groups is 2. The van der Waals surface area contributed by atoms with Gasteiger partial charge < -0.3 is 5.73 Å². The van der Waals surface area contributed by atoms with E-state index in [0.717, 1.165) is 0 Å². The molecule has 0 radical (unpaired) electrons. The van der Waals surface area contributed by atoms with Crippen molar-refractivity contribution < 1.29 is 9.59 Å². The molecule has 0 atom stereocenters. The van der Waals surface area contributed by atoms with Crippen LogP contribution in [0.5, 0.6) is 0 Å². The predicted octanol–water partition coefficient (Wildman–Crippen LogP) is 0.529. The SMILES string of the molecule is CC(C)(C#N)N=NC(=O)NC(N)=O. The van der Waals surface area contributed by atoms with Crippen molar-refractivity contribution in [2.45, 2.75) is 19.4 Å². The smallest absolute Gasteiger partial charge is 0.351 e. The van der Waals surface area contributed by atoms with Crippen molar-refractivity contribution in [3.05, 3.63) is 0 Å². The Kier molecular flexibility index (Phi) is 3.53. The zero-order chi connectivity index (χ0) is 10.5. The first-order valence-electron chi connectivity index (χ1n) is 3.32. The molecule has 0 aliphatic heterocycles. The highest BCUT2D eigenvalue weighted by Gasteiger charge is 2.15. The van der Waals surface area contributed by atoms with E-state index in [9.17, 15) is 9.59 Å². The summed E-state index contributed by atoms with van der Waals surface area (Å²) in [5.74, 6) is 0. The van der Waals surface area contributed by atoms with E-state index in [0.29, 0.717) is 0 Å². The van der Waals surface area contributed by atoms with Gasteiger partial charge in [-0.2, -0.15) is 10.4 Å². The van der Waals surface area contributed by atoms with E-state index in [4.69, 9.17) is 5.26 Å². The fourth-order valence-corrected chi connectivity index (χ4v) is 0.323. The van der Waals surface area contributed by atoms with Gasteiger partial charge in [-0.05, 0) is 13.8 Å². The van der Waals surface area contributed by atoms with Crippen molar-refractivity contribution in [1.82, 2.24) is 5.32 Å². The summed E-state index contributed by atoms with van der Waals surface area (Å²) < 4.78 is 0. The van der Waals surface area contributed by atoms with Gasteiger partial charge in [-0.15, -0.1) is 0 Å². The zero-order valence-electron chi connectivity index (χ0n) is 7.24. The molecule has 0 fully saturated rings. The van der Waals surface area contributed by atoms with Crippen LogP contribution in [0.4, 0.5) is 9.59 Å². The predicted molar refractivity (Wildman–Crippen MR) is 42.7 cm³/mol. The lowest BCUT2D eigenvalue weighted by atomic mass is 10.1. The van der Waals surface area contributed by atoms with Gasteiger partial charge in [-0.1, -0.05) is 5.11 Å². The lowest BCUT2D eigenvalue weighted by Gasteiger charge is -2.04. The molecule has 0 rings (SSSR count). The van der Waals surface area contributed by atoms with Gasteiger partial charge in [0.15, 0.2) is 5.54 Å². The second-order valence-electron chi connectivity index (χ2n) is 2.67. The third kappa shape index (κ3) is 5.32. The van der Waals surface area contributed by atoms with Gasteiger partial charge in [0.1, 0.15) is 0 Å². The Balaban J connectivity index is 4.22. The molecule has 13 heavy (non-hydrogen) atoms. The van der Waals surface area contributed by atoms with E-state index in [2.05, 4.69) is 16.0 Å². The van der Waals surface area contributed by atoms with Crippen LogP contribution in [0.15, 0.2) is 10.2 Å². The van der Waals surface area contributed by atoms with E-state index in [1.54, 1.807) is 11.4 Å². The summed E-state index contributed by atoms with van der Waals surface area (Å²) >= 11 is 0. The molecule has 0 aliphatic rings. The summed E-state index contributed by atoms with van der Waals surface area (Å²) in [4.78, 5) is 20.8. The summed E-state index contributed by atoms with van der Waals surface area (Å²) in [5, 5.41) is 16.6. The number of carbonyl (C=O) groups excluding carboxylic acids is 2. The highest BCUT2D eigenvalue weighted by atomic mass is 16.2. The maximum Gasteiger partial charge on any atom is 0.367 e. The van der Waals surface area contributed by atoms with Gasteiger partial charge in [0, 0.05) is 0 Å². The van der Waals surface area contributed by atoms with Crippen LogP contribution in [0.2, 0.25) is 0 Å². The van der Waals surface area contributed by atoms with E-state index in [1.807, 2.05) is 0 Å². The number of nitriles is 1. The van der Waals surface area contributed by atoms with Crippen LogP contribution in [-0.2, 0) is 0 Å². The van der Waals surface area contributed by atoms with Gasteiger partial charge in [0.25, 0.3) is 0 Å². The largest absolute Gasteiger partial charge is 0.367 e. The third-order valence-corrected chi connectivity index (χ3v) is 0.895. The van der Waals surface area contributed by atoms with Gasteiger partial charge in [-0.3, -0.25) is 5.32 Å². The molecule has 0 unspecified atom stereocenters. The fraction of sp³-hybridized carbons (Fsp3) is 0.500. The highest BCUT2D eigenvalue weighted by Crippen LogP contribution is 2.06. The monoisotopic (exact) mass is 183 g/mol. The molecule has 0 bridgehead atoms. The second kappa shape index (κ2) is 4.15. The van der Waals surface area contributed by atoms with Crippen LogP contribution >= 0.6 is 0 Å². The quantitative estimate of drug-likeness (QED) is 0.576. The van der Waals surface area contributed by atoms with Gasteiger partial charge in [-0.25, -0.2) is 9.59 Å². The molecule has 0 aromatic heterocycles. The summed E-state index contributed by atoms with van der Waals surface area (Å²) in [6.07, 6.45) is 0. The average Bonchev–Trinajstić information content (AvgIpc) is 2.00. The molecule has 0 aromatic carbocycles. The van der Waals surface area contributed by atoms with E-state index in [1.165, 1.54) is 13.8 Å². The Labute approximate surface area is 74.6 Å². The number of nitrogens with one attached hydrogen (secondary N) is 1. The van der Waals surface area contributed by atoms with Crippen LogP contribution in [0.1, 0.15) is 13.8 Å². The van der Waals surface area contributed by atoms with Crippen LogP contribution < -0.4 is 11.1 Å². The number of imide groups is 1. The molecule has 70 valence electrons. The molecule has 4 amide bonds. The van der Waals surface area contributed by atoms with Crippen molar-refractivity contribution >= 4 is 12.1 Å². The normalized spacial score (nSPS) is 10.8. The summed E-state index contributed by atoms with van der Waals surface area (Å²) in [5.41, 5.74) is 3.54. The third-order valence-electron chi connectivity index (χ3n) is 0.895. The molecular formula is C6H9N5O2. The maximum atomic E-state index is 10.6. The van der Waals surface area contributed by atoms with Crippen molar-refractivity contribution in [3.8, 4) is 6.07 Å². The number of amides is 4. The Morgan fingerprint density at radius 2 is 2.08 bits per heavy atom. The summed E-state index contributed by atoms with van der Waals surface area (Å²) in [6, 6.07) is -0.212. The average molecular weight is 183 g/mol. The highest BCUT2D eigenvalue weighted by molar-refractivity contribution is 5.92. The van der Waals surface area contributed by atoms with Gasteiger partial charge >= 0.3 is 12.1 Å². The van der Waals surface area contributed by atoms with Crippen LogP contribution in [0, 0.1) is 11.3 Å². The minimum absolute atomic E-state index is 0.990. The number of carbonyl (C=O) groups is 2. The van der Waals surface area contributed by atoms with Gasteiger partial charge in [0.2, 0.25) is 0 Å². The first-order chi connectivity index (χ1) is 5.87. The van der Waals surface area contributed by atoms with Crippen molar-refractivity contribution in [2.24, 2.45) is 16.0 Å². The Morgan fingerprint density at radius 3 is 2.46 bits per heavy atom. The summed E-state index contributed by atoms with van der Waals surface area (Å²) in [7, 11) is 0. The maximum absolute atomic E-state index is 10.6. The lowest BCUT2D eigenvalue weighted by Crippen LogP contribution is -2.33. The van der Waals surface area contributed by atoms with Crippen LogP contribution in [0.25, 0.3) is 0 Å². The minimum Gasteiger partial charge on any atom is -0.351 e. The van der Waals surface area contributed by atoms with Crippen molar-refractivity contribution in [2.75, 3.05) is 0 Å².